The minimum absolute atomic E-state index is 0.213. The van der Waals surface area contributed by atoms with E-state index in [2.05, 4.69) is 0 Å². The summed E-state index contributed by atoms with van der Waals surface area (Å²) in [6.45, 7) is 4.87. The van der Waals surface area contributed by atoms with Crippen molar-refractivity contribution in [1.82, 2.24) is 0 Å². The molecule has 0 rings (SSSR count). The predicted octanol–water partition coefficient (Wildman–Crippen LogP) is 0.794. The smallest absolute Gasteiger partial charge is 0.0568 e. The molecule has 0 unspecified atom stereocenters. The molecule has 0 spiro atoms. The molecule has 0 saturated heterocycles. The Morgan fingerprint density at radius 3 is 2.62 bits per heavy atom. The Morgan fingerprint density at radius 1 is 1.62 bits per heavy atom. The molecule has 0 radical (unpaired) electrons. The molecule has 0 aliphatic rings. The van der Waals surface area contributed by atoms with Crippen molar-refractivity contribution >= 4 is 0 Å². The molecule has 2 nitrogen and oxygen atoms in total. The van der Waals surface area contributed by atoms with Gasteiger partial charge in [-0.3, -0.25) is 0 Å². The van der Waals surface area contributed by atoms with Gasteiger partial charge in [0.1, 0.15) is 0 Å². The highest BCUT2D eigenvalue weighted by Gasteiger charge is 1.96. The fourth-order valence-corrected chi connectivity index (χ4v) is 0.550. The Bertz CT molecular complexity index is 39.8. The Balaban J connectivity index is 2.92. The average molecular weight is 118 g/mol. The maximum absolute atomic E-state index is 8.38. The molecule has 50 valence electrons. The molecule has 1 atom stereocenters. The zero-order valence-corrected chi connectivity index (χ0v) is 5.55. The van der Waals surface area contributed by atoms with Gasteiger partial charge < -0.3 is 9.84 Å². The Hall–Kier alpha value is -0.0800. The van der Waals surface area contributed by atoms with Crippen molar-refractivity contribution in [2.75, 3.05) is 13.2 Å². The van der Waals surface area contributed by atoms with Gasteiger partial charge in [0, 0.05) is 13.2 Å². The van der Waals surface area contributed by atoms with Crippen LogP contribution in [0.4, 0.5) is 0 Å². The highest BCUT2D eigenvalue weighted by atomic mass is 16.5. The molecule has 0 aliphatic heterocycles. The van der Waals surface area contributed by atoms with E-state index >= 15 is 0 Å². The largest absolute Gasteiger partial charge is 0.396 e. The molecule has 0 aromatic rings. The van der Waals surface area contributed by atoms with E-state index in [1.807, 2.05) is 13.8 Å². The van der Waals surface area contributed by atoms with Crippen LogP contribution in [0, 0.1) is 0 Å². The highest BCUT2D eigenvalue weighted by molar-refractivity contribution is 4.45. The third-order valence-corrected chi connectivity index (χ3v) is 0.987. The van der Waals surface area contributed by atoms with E-state index in [4.69, 9.17) is 9.84 Å². The number of aliphatic hydroxyl groups excluding tert-OH is 1. The first kappa shape index (κ1) is 7.92. The Morgan fingerprint density at radius 2 is 2.25 bits per heavy atom. The lowest BCUT2D eigenvalue weighted by Gasteiger charge is -2.07. The summed E-state index contributed by atoms with van der Waals surface area (Å²) in [6, 6.07) is 0. The second-order valence-electron chi connectivity index (χ2n) is 1.78. The summed E-state index contributed by atoms with van der Waals surface area (Å²) in [6.07, 6.45) is 0.957. The summed E-state index contributed by atoms with van der Waals surface area (Å²) in [5, 5.41) is 8.38. The van der Waals surface area contributed by atoms with Crippen molar-refractivity contribution in [3.63, 3.8) is 0 Å². The fraction of sp³-hybridized carbons (Fsp3) is 1.00. The second-order valence-corrected chi connectivity index (χ2v) is 1.78. The highest BCUT2D eigenvalue weighted by Crippen LogP contribution is 1.93. The molecular formula is C6H14O2. The Kier molecular flexibility index (Phi) is 5.01. The van der Waals surface area contributed by atoms with Gasteiger partial charge in [-0.25, -0.2) is 0 Å². The van der Waals surface area contributed by atoms with Gasteiger partial charge in [-0.1, -0.05) is 0 Å². The van der Waals surface area contributed by atoms with Crippen LogP contribution in [0.25, 0.3) is 0 Å². The van der Waals surface area contributed by atoms with Gasteiger partial charge in [0.05, 0.1) is 6.10 Å². The van der Waals surface area contributed by atoms with Crippen LogP contribution in [-0.2, 0) is 4.74 Å². The molecule has 0 aliphatic carbocycles. The van der Waals surface area contributed by atoms with Crippen LogP contribution in [0.3, 0.4) is 0 Å². The van der Waals surface area contributed by atoms with Crippen LogP contribution in [0.5, 0.6) is 0 Å². The summed E-state index contributed by atoms with van der Waals surface area (Å²) < 4.78 is 5.12. The van der Waals surface area contributed by atoms with E-state index in [1.165, 1.54) is 0 Å². The van der Waals surface area contributed by atoms with Crippen molar-refractivity contribution < 1.29 is 9.84 Å². The SMILES string of the molecule is CCO[C@H](C)CCO. The second kappa shape index (κ2) is 5.06. The summed E-state index contributed by atoms with van der Waals surface area (Å²) in [5.41, 5.74) is 0. The van der Waals surface area contributed by atoms with Crippen molar-refractivity contribution in [2.24, 2.45) is 0 Å². The van der Waals surface area contributed by atoms with Crippen LogP contribution in [0.2, 0.25) is 0 Å². The minimum Gasteiger partial charge on any atom is -0.396 e. The molecule has 0 saturated carbocycles. The third kappa shape index (κ3) is 4.09. The molecule has 2 heteroatoms. The van der Waals surface area contributed by atoms with E-state index in [0.717, 1.165) is 13.0 Å². The van der Waals surface area contributed by atoms with E-state index < -0.39 is 0 Å². The number of aliphatic hydroxyl groups is 1. The average Bonchev–Trinajstić information content (AvgIpc) is 1.68. The summed E-state index contributed by atoms with van der Waals surface area (Å²) >= 11 is 0. The van der Waals surface area contributed by atoms with Gasteiger partial charge in [-0.15, -0.1) is 0 Å². The van der Waals surface area contributed by atoms with Crippen LogP contribution < -0.4 is 0 Å². The quantitative estimate of drug-likeness (QED) is 0.591. The number of hydrogen-bond acceptors (Lipinski definition) is 2. The topological polar surface area (TPSA) is 29.5 Å². The van der Waals surface area contributed by atoms with Crippen LogP contribution in [-0.4, -0.2) is 24.4 Å². The van der Waals surface area contributed by atoms with E-state index in [0.29, 0.717) is 0 Å². The standard InChI is InChI=1S/C6H14O2/c1-3-8-6(2)4-5-7/h6-7H,3-5H2,1-2H3/t6-/m1/s1. The fourth-order valence-electron chi connectivity index (χ4n) is 0.550. The number of hydrogen-bond donors (Lipinski definition) is 1. The van der Waals surface area contributed by atoms with Crippen LogP contribution in [0.15, 0.2) is 0 Å². The molecular weight excluding hydrogens is 104 g/mol. The maximum Gasteiger partial charge on any atom is 0.0568 e. The first-order valence-electron chi connectivity index (χ1n) is 3.03. The van der Waals surface area contributed by atoms with E-state index in [1.54, 1.807) is 0 Å². The molecule has 0 bridgehead atoms. The normalized spacial score (nSPS) is 13.9. The van der Waals surface area contributed by atoms with Crippen LogP contribution >= 0.6 is 0 Å². The number of rotatable bonds is 4. The van der Waals surface area contributed by atoms with Crippen molar-refractivity contribution in [3.8, 4) is 0 Å². The maximum atomic E-state index is 8.38. The van der Waals surface area contributed by atoms with Crippen molar-refractivity contribution in [1.29, 1.82) is 0 Å². The molecule has 1 N–H and O–H groups in total. The lowest BCUT2D eigenvalue weighted by molar-refractivity contribution is 0.0569. The first-order valence-corrected chi connectivity index (χ1v) is 3.03. The Labute approximate surface area is 50.5 Å². The molecule has 8 heavy (non-hydrogen) atoms. The summed E-state index contributed by atoms with van der Waals surface area (Å²) in [5.74, 6) is 0. The predicted molar refractivity (Wildman–Crippen MR) is 32.8 cm³/mol. The van der Waals surface area contributed by atoms with Gasteiger partial charge in [0.2, 0.25) is 0 Å². The number of ether oxygens (including phenoxy) is 1. The molecule has 0 aromatic carbocycles. The molecule has 0 fully saturated rings. The van der Waals surface area contributed by atoms with Gasteiger partial charge in [-0.2, -0.15) is 0 Å². The van der Waals surface area contributed by atoms with Gasteiger partial charge >= 0.3 is 0 Å². The molecule has 0 aromatic heterocycles. The lowest BCUT2D eigenvalue weighted by atomic mass is 10.3. The summed E-state index contributed by atoms with van der Waals surface area (Å²) in [4.78, 5) is 0. The van der Waals surface area contributed by atoms with Crippen LogP contribution in [0.1, 0.15) is 20.3 Å². The zero-order valence-electron chi connectivity index (χ0n) is 5.55. The van der Waals surface area contributed by atoms with E-state index in [-0.39, 0.29) is 12.7 Å². The monoisotopic (exact) mass is 118 g/mol. The lowest BCUT2D eigenvalue weighted by Crippen LogP contribution is -2.09. The molecule has 0 amide bonds. The third-order valence-electron chi connectivity index (χ3n) is 0.987. The van der Waals surface area contributed by atoms with Gasteiger partial charge in [0.25, 0.3) is 0 Å². The summed E-state index contributed by atoms with van der Waals surface area (Å²) in [7, 11) is 0. The zero-order chi connectivity index (χ0) is 6.41. The first-order chi connectivity index (χ1) is 3.81. The minimum atomic E-state index is 0.213. The van der Waals surface area contributed by atoms with Crippen molar-refractivity contribution in [2.45, 2.75) is 26.4 Å². The van der Waals surface area contributed by atoms with E-state index in [9.17, 15) is 0 Å². The van der Waals surface area contributed by atoms with Gasteiger partial charge in [0.15, 0.2) is 0 Å². The van der Waals surface area contributed by atoms with Crippen molar-refractivity contribution in [3.05, 3.63) is 0 Å². The van der Waals surface area contributed by atoms with Gasteiger partial charge in [-0.05, 0) is 20.3 Å². The molecule has 0 heterocycles.